The second-order valence-electron chi connectivity index (χ2n) is 5.84. The molecule has 0 aliphatic carbocycles. The Morgan fingerprint density at radius 2 is 1.20 bits per heavy atom. The van der Waals surface area contributed by atoms with E-state index in [-0.39, 0.29) is 0 Å². The Labute approximate surface area is 135 Å². The molecule has 25 heavy (non-hydrogen) atoms. The zero-order valence-electron chi connectivity index (χ0n) is 12.9. The summed E-state index contributed by atoms with van der Waals surface area (Å²) in [6, 6.07) is 0. The van der Waals surface area contributed by atoms with E-state index in [0.29, 0.717) is 0 Å². The van der Waals surface area contributed by atoms with Crippen molar-refractivity contribution in [2.45, 2.75) is 44.7 Å². The van der Waals surface area contributed by atoms with Gasteiger partial charge in [0.1, 0.15) is 0 Å². The fourth-order valence-corrected chi connectivity index (χ4v) is 1.05. The summed E-state index contributed by atoms with van der Waals surface area (Å²) in [6.07, 6.45) is -6.97. The van der Waals surface area contributed by atoms with Crippen molar-refractivity contribution in [3.63, 3.8) is 0 Å². The van der Waals surface area contributed by atoms with Crippen molar-refractivity contribution in [2.24, 2.45) is 5.41 Å². The maximum absolute atomic E-state index is 13.1. The van der Waals surface area contributed by atoms with Crippen LogP contribution in [0.3, 0.4) is 0 Å². The van der Waals surface area contributed by atoms with Crippen LogP contribution in [-0.2, 0) is 19.1 Å². The maximum atomic E-state index is 13.1. The molecule has 0 unspecified atom stereocenters. The van der Waals surface area contributed by atoms with E-state index in [1.807, 2.05) is 0 Å². The maximum Gasteiger partial charge on any atom is 0.460 e. The van der Waals surface area contributed by atoms with Gasteiger partial charge in [0.2, 0.25) is 0 Å². The lowest BCUT2D eigenvalue weighted by Crippen LogP contribution is -2.62. The van der Waals surface area contributed by atoms with Gasteiger partial charge in [-0.1, -0.05) is 0 Å². The summed E-state index contributed by atoms with van der Waals surface area (Å²) in [5.41, 5.74) is -1.12. The van der Waals surface area contributed by atoms with E-state index < -0.39 is 54.5 Å². The van der Waals surface area contributed by atoms with Crippen LogP contribution in [0.5, 0.6) is 0 Å². The highest BCUT2D eigenvalue weighted by Gasteiger charge is 2.81. The molecular weight excluding hydrogens is 379 g/mol. The number of alkyl halides is 9. The number of hydrogen-bond donors (Lipinski definition) is 0. The number of carbonyl (C=O) groups is 2. The van der Waals surface area contributed by atoms with Crippen molar-refractivity contribution < 1.29 is 58.6 Å². The molecular formula is C12H13F9O4. The molecule has 0 heterocycles. The highest BCUT2D eigenvalue weighted by atomic mass is 19.4. The largest absolute Gasteiger partial charge is 0.460 e. The van der Waals surface area contributed by atoms with Gasteiger partial charge in [-0.25, -0.2) is 4.79 Å². The van der Waals surface area contributed by atoms with Gasteiger partial charge in [0, 0.05) is 0 Å². The quantitative estimate of drug-likeness (QED) is 0.512. The smallest absolute Gasteiger partial charge is 0.456 e. The van der Waals surface area contributed by atoms with Crippen LogP contribution in [0.1, 0.15) is 20.8 Å². The fraction of sp³-hybridized carbons (Fsp3) is 0.833. The zero-order valence-corrected chi connectivity index (χ0v) is 12.9. The molecule has 0 radical (unpaired) electrons. The number of hydrogen-bond acceptors (Lipinski definition) is 4. The van der Waals surface area contributed by atoms with Crippen LogP contribution in [0.4, 0.5) is 39.5 Å². The van der Waals surface area contributed by atoms with Gasteiger partial charge in [0.25, 0.3) is 0 Å². The highest BCUT2D eigenvalue weighted by Crippen LogP contribution is 2.53. The number of ether oxygens (including phenoxy) is 2. The molecule has 0 saturated heterocycles. The molecule has 0 rings (SSSR count). The molecule has 13 heteroatoms. The van der Waals surface area contributed by atoms with E-state index in [1.165, 1.54) is 20.8 Å². The molecule has 0 aromatic rings. The van der Waals surface area contributed by atoms with Crippen LogP contribution in [0.25, 0.3) is 0 Å². The Hall–Kier alpha value is -1.69. The molecule has 0 saturated carbocycles. The molecule has 0 amide bonds. The van der Waals surface area contributed by atoms with E-state index in [0.717, 1.165) is 0 Å². The van der Waals surface area contributed by atoms with E-state index in [9.17, 15) is 49.1 Å². The first-order valence-corrected chi connectivity index (χ1v) is 6.30. The summed E-state index contributed by atoms with van der Waals surface area (Å²) in [6.45, 7) is -0.0806. The Bertz CT molecular complexity index is 506. The molecule has 0 atom stereocenters. The van der Waals surface area contributed by atoms with Gasteiger partial charge in [-0.3, -0.25) is 4.79 Å². The minimum atomic E-state index is -7.07. The summed E-state index contributed by atoms with van der Waals surface area (Å²) >= 11 is 0. The molecule has 0 aliphatic rings. The average Bonchev–Trinajstić information content (AvgIpc) is 2.39. The summed E-state index contributed by atoms with van der Waals surface area (Å²) in [5.74, 6) is -22.9. The Morgan fingerprint density at radius 3 is 1.56 bits per heavy atom. The molecule has 4 nitrogen and oxygen atoms in total. The SMILES string of the molecule is CC(C)(C)C(=O)OCC(=O)OCC(F)(F)C(F)(F)C(F)(F)C(F)(F)F. The third kappa shape index (κ3) is 5.14. The van der Waals surface area contributed by atoms with E-state index >= 15 is 0 Å². The second-order valence-corrected chi connectivity index (χ2v) is 5.84. The lowest BCUT2D eigenvalue weighted by Gasteiger charge is -2.33. The van der Waals surface area contributed by atoms with Crippen LogP contribution >= 0.6 is 0 Å². The van der Waals surface area contributed by atoms with Crippen molar-refractivity contribution in [3.8, 4) is 0 Å². The number of halogens is 9. The fourth-order valence-electron chi connectivity index (χ4n) is 1.05. The second kappa shape index (κ2) is 6.90. The summed E-state index contributed by atoms with van der Waals surface area (Å²) in [7, 11) is 0. The first-order valence-electron chi connectivity index (χ1n) is 6.30. The lowest BCUT2D eigenvalue weighted by molar-refractivity contribution is -0.398. The van der Waals surface area contributed by atoms with Crippen molar-refractivity contribution in [1.29, 1.82) is 0 Å². The number of rotatable bonds is 6. The van der Waals surface area contributed by atoms with Crippen molar-refractivity contribution in [1.82, 2.24) is 0 Å². The monoisotopic (exact) mass is 392 g/mol. The van der Waals surface area contributed by atoms with Gasteiger partial charge in [-0.15, -0.1) is 0 Å². The summed E-state index contributed by atoms with van der Waals surface area (Å²) in [5, 5.41) is 0. The number of carbonyl (C=O) groups excluding carboxylic acids is 2. The van der Waals surface area contributed by atoms with Gasteiger partial charge >= 0.3 is 35.9 Å². The van der Waals surface area contributed by atoms with E-state index in [2.05, 4.69) is 9.47 Å². The lowest BCUT2D eigenvalue weighted by atomic mass is 9.97. The van der Waals surface area contributed by atoms with Gasteiger partial charge in [0.05, 0.1) is 5.41 Å². The van der Waals surface area contributed by atoms with Gasteiger partial charge in [-0.2, -0.15) is 39.5 Å². The molecule has 0 fully saturated rings. The predicted octanol–water partition coefficient (Wildman–Crippen LogP) is 3.59. The standard InChI is InChI=1S/C12H13F9O4/c1-8(2,3)7(23)24-4-6(22)25-5-9(13,14)10(15,16)11(17,18)12(19,20)21/h4-5H2,1-3H3. The average molecular weight is 392 g/mol. The minimum Gasteiger partial charge on any atom is -0.456 e. The third-order valence-electron chi connectivity index (χ3n) is 2.56. The predicted molar refractivity (Wildman–Crippen MR) is 62.3 cm³/mol. The first-order chi connectivity index (χ1) is 10.8. The van der Waals surface area contributed by atoms with E-state index in [1.54, 1.807) is 0 Å². The molecule has 0 N–H and O–H groups in total. The van der Waals surface area contributed by atoms with Gasteiger partial charge in [0.15, 0.2) is 13.2 Å². The normalized spacial score (nSPS) is 14.2. The van der Waals surface area contributed by atoms with E-state index in [4.69, 9.17) is 0 Å². The first kappa shape index (κ1) is 23.3. The Morgan fingerprint density at radius 1 is 0.760 bits per heavy atom. The third-order valence-corrected chi connectivity index (χ3v) is 2.56. The zero-order chi connectivity index (χ0) is 20.5. The molecule has 148 valence electrons. The van der Waals surface area contributed by atoms with Gasteiger partial charge < -0.3 is 9.47 Å². The summed E-state index contributed by atoms with van der Waals surface area (Å²) < 4.78 is 120. The highest BCUT2D eigenvalue weighted by molar-refractivity contribution is 5.79. The van der Waals surface area contributed by atoms with Crippen LogP contribution in [-0.4, -0.2) is 49.1 Å². The topological polar surface area (TPSA) is 52.6 Å². The molecule has 0 aromatic carbocycles. The van der Waals surface area contributed by atoms with Crippen LogP contribution in [0.2, 0.25) is 0 Å². The minimum absolute atomic E-state index is 1.01. The van der Waals surface area contributed by atoms with Crippen molar-refractivity contribution in [3.05, 3.63) is 0 Å². The molecule has 0 aliphatic heterocycles. The van der Waals surface area contributed by atoms with Crippen molar-refractivity contribution >= 4 is 11.9 Å². The van der Waals surface area contributed by atoms with Crippen molar-refractivity contribution in [2.75, 3.05) is 13.2 Å². The molecule has 0 spiro atoms. The van der Waals surface area contributed by atoms with Gasteiger partial charge in [-0.05, 0) is 20.8 Å². The van der Waals surface area contributed by atoms with Crippen LogP contribution in [0, 0.1) is 5.41 Å². The number of esters is 2. The molecule has 0 bridgehead atoms. The summed E-state index contributed by atoms with van der Waals surface area (Å²) in [4.78, 5) is 22.3. The molecule has 0 aromatic heterocycles. The Balaban J connectivity index is 4.93. The van der Waals surface area contributed by atoms with Crippen LogP contribution in [0.15, 0.2) is 0 Å². The van der Waals surface area contributed by atoms with Crippen LogP contribution < -0.4 is 0 Å². The Kier molecular flexibility index (Phi) is 6.44.